The lowest BCUT2D eigenvalue weighted by atomic mass is 10.1. The Kier molecular flexibility index (Phi) is 4.31. The van der Waals surface area contributed by atoms with E-state index in [1.807, 2.05) is 7.05 Å². The predicted octanol–water partition coefficient (Wildman–Crippen LogP) is 0.658. The van der Waals surface area contributed by atoms with Gasteiger partial charge in [-0.05, 0) is 27.6 Å². The summed E-state index contributed by atoms with van der Waals surface area (Å²) in [7, 11) is 6.16. The second kappa shape index (κ2) is 5.77. The summed E-state index contributed by atoms with van der Waals surface area (Å²) in [6.45, 7) is 5.18. The van der Waals surface area contributed by atoms with Crippen LogP contribution in [0.3, 0.4) is 0 Å². The molecule has 1 aromatic rings. The van der Waals surface area contributed by atoms with Crippen LogP contribution in [0.1, 0.15) is 37.1 Å². The molecule has 6 heteroatoms. The van der Waals surface area contributed by atoms with Gasteiger partial charge in [-0.2, -0.15) is 4.98 Å². The molecule has 1 saturated heterocycles. The molecule has 2 heterocycles. The van der Waals surface area contributed by atoms with E-state index in [-0.39, 0.29) is 12.1 Å². The van der Waals surface area contributed by atoms with Crippen molar-refractivity contribution < 1.29 is 4.52 Å². The number of hydrogen-bond donors (Lipinski definition) is 1. The monoisotopic (exact) mass is 253 g/mol. The lowest BCUT2D eigenvalue weighted by molar-refractivity contribution is 0.108. The van der Waals surface area contributed by atoms with Crippen molar-refractivity contribution in [2.45, 2.75) is 25.4 Å². The van der Waals surface area contributed by atoms with Crippen LogP contribution in [-0.2, 0) is 0 Å². The van der Waals surface area contributed by atoms with Gasteiger partial charge in [0.2, 0.25) is 5.89 Å². The maximum absolute atomic E-state index is 5.38. The van der Waals surface area contributed by atoms with Gasteiger partial charge in [0.25, 0.3) is 0 Å². The summed E-state index contributed by atoms with van der Waals surface area (Å²) in [5, 5.41) is 7.33. The van der Waals surface area contributed by atoms with Crippen molar-refractivity contribution in [2.75, 3.05) is 40.8 Å². The van der Waals surface area contributed by atoms with Crippen LogP contribution in [0.2, 0.25) is 0 Å². The Bertz CT molecular complexity index is 376. The van der Waals surface area contributed by atoms with E-state index >= 15 is 0 Å². The van der Waals surface area contributed by atoms with Crippen LogP contribution < -0.4 is 5.32 Å². The Labute approximate surface area is 108 Å². The highest BCUT2D eigenvalue weighted by Gasteiger charge is 2.28. The maximum atomic E-state index is 5.38. The van der Waals surface area contributed by atoms with Crippen molar-refractivity contribution in [1.82, 2.24) is 25.3 Å². The minimum Gasteiger partial charge on any atom is -0.338 e. The number of piperazine rings is 1. The van der Waals surface area contributed by atoms with Crippen LogP contribution in [0, 0.1) is 0 Å². The molecule has 0 saturated carbocycles. The van der Waals surface area contributed by atoms with E-state index in [1.165, 1.54) is 0 Å². The second-order valence-corrected chi connectivity index (χ2v) is 5.00. The van der Waals surface area contributed by atoms with Gasteiger partial charge in [-0.15, -0.1) is 0 Å². The van der Waals surface area contributed by atoms with Gasteiger partial charge >= 0.3 is 0 Å². The largest absolute Gasteiger partial charge is 0.338 e. The van der Waals surface area contributed by atoms with Crippen molar-refractivity contribution in [1.29, 1.82) is 0 Å². The van der Waals surface area contributed by atoms with Gasteiger partial charge in [0.1, 0.15) is 0 Å². The maximum Gasteiger partial charge on any atom is 0.243 e. The van der Waals surface area contributed by atoms with Crippen molar-refractivity contribution in [3.63, 3.8) is 0 Å². The number of hydrogen-bond acceptors (Lipinski definition) is 6. The topological polar surface area (TPSA) is 57.4 Å². The Morgan fingerprint density at radius 1 is 1.44 bits per heavy atom. The smallest absolute Gasteiger partial charge is 0.243 e. The zero-order valence-corrected chi connectivity index (χ0v) is 11.7. The van der Waals surface area contributed by atoms with Crippen LogP contribution in [0.25, 0.3) is 0 Å². The molecule has 1 aliphatic heterocycles. The molecule has 6 nitrogen and oxygen atoms in total. The standard InChI is InChI=1S/C12H23N5O/c1-5-9(13-2)12-14-11(15-18-12)10-8-16(3)6-7-17(10)4/h9-10,13H,5-8H2,1-4H3. The van der Waals surface area contributed by atoms with Gasteiger partial charge in [-0.1, -0.05) is 12.1 Å². The summed E-state index contributed by atoms with van der Waals surface area (Å²) < 4.78 is 5.38. The summed E-state index contributed by atoms with van der Waals surface area (Å²) in [4.78, 5) is 9.14. The third-order valence-corrected chi connectivity index (χ3v) is 3.66. The number of rotatable bonds is 4. The minimum atomic E-state index is 0.151. The van der Waals surface area contributed by atoms with Gasteiger partial charge in [0, 0.05) is 19.6 Å². The van der Waals surface area contributed by atoms with Gasteiger partial charge in [-0.25, -0.2) is 0 Å². The molecule has 1 aliphatic rings. The Morgan fingerprint density at radius 2 is 2.22 bits per heavy atom. The SMILES string of the molecule is CCC(NC)c1nc(C2CN(C)CCN2C)no1. The van der Waals surface area contributed by atoms with E-state index in [0.29, 0.717) is 5.89 Å². The summed E-state index contributed by atoms with van der Waals surface area (Å²) in [6.07, 6.45) is 0.943. The highest BCUT2D eigenvalue weighted by Crippen LogP contribution is 2.23. The molecule has 2 rings (SSSR count). The second-order valence-electron chi connectivity index (χ2n) is 5.00. The number of likely N-dealkylation sites (N-methyl/N-ethyl adjacent to an activating group) is 2. The molecule has 18 heavy (non-hydrogen) atoms. The van der Waals surface area contributed by atoms with Gasteiger partial charge in [0.15, 0.2) is 5.82 Å². The summed E-state index contributed by atoms with van der Waals surface area (Å²) in [6, 6.07) is 0.383. The van der Waals surface area contributed by atoms with Gasteiger partial charge in [0.05, 0.1) is 12.1 Å². The van der Waals surface area contributed by atoms with Crippen LogP contribution in [0.15, 0.2) is 4.52 Å². The first-order valence-electron chi connectivity index (χ1n) is 6.55. The van der Waals surface area contributed by atoms with Crippen LogP contribution in [0.5, 0.6) is 0 Å². The lowest BCUT2D eigenvalue weighted by Crippen LogP contribution is -2.45. The quantitative estimate of drug-likeness (QED) is 0.850. The number of nitrogens with one attached hydrogen (secondary N) is 1. The van der Waals surface area contributed by atoms with Crippen molar-refractivity contribution in [3.8, 4) is 0 Å². The molecule has 0 aromatic carbocycles. The molecule has 0 aliphatic carbocycles. The first-order chi connectivity index (χ1) is 8.65. The van der Waals surface area contributed by atoms with Crippen LogP contribution in [-0.4, -0.2) is 60.7 Å². The molecule has 0 amide bonds. The van der Waals surface area contributed by atoms with Gasteiger partial charge < -0.3 is 14.7 Å². The van der Waals surface area contributed by atoms with E-state index in [2.05, 4.69) is 46.3 Å². The van der Waals surface area contributed by atoms with Gasteiger partial charge in [-0.3, -0.25) is 4.90 Å². The fraction of sp³-hybridized carbons (Fsp3) is 0.833. The molecule has 1 fully saturated rings. The third-order valence-electron chi connectivity index (χ3n) is 3.66. The number of nitrogens with zero attached hydrogens (tertiary/aromatic N) is 4. The normalized spacial score (nSPS) is 24.3. The molecular formula is C12H23N5O. The summed E-state index contributed by atoms with van der Waals surface area (Å²) in [5.41, 5.74) is 0. The molecular weight excluding hydrogens is 230 g/mol. The molecule has 2 atom stereocenters. The molecule has 2 unspecified atom stereocenters. The van der Waals surface area contributed by atoms with Crippen molar-refractivity contribution >= 4 is 0 Å². The van der Waals surface area contributed by atoms with Crippen molar-refractivity contribution in [2.24, 2.45) is 0 Å². The Morgan fingerprint density at radius 3 is 2.89 bits per heavy atom. The van der Waals surface area contributed by atoms with E-state index in [1.54, 1.807) is 0 Å². The van der Waals surface area contributed by atoms with Crippen molar-refractivity contribution in [3.05, 3.63) is 11.7 Å². The molecule has 0 radical (unpaired) electrons. The van der Waals surface area contributed by atoms with Crippen LogP contribution in [0.4, 0.5) is 0 Å². The average Bonchev–Trinajstić information content (AvgIpc) is 2.83. The van der Waals surface area contributed by atoms with E-state index < -0.39 is 0 Å². The molecule has 1 aromatic heterocycles. The number of aromatic nitrogens is 2. The van der Waals surface area contributed by atoms with E-state index in [4.69, 9.17) is 4.52 Å². The van der Waals surface area contributed by atoms with E-state index in [0.717, 1.165) is 31.9 Å². The summed E-state index contributed by atoms with van der Waals surface area (Å²) in [5.74, 6) is 1.49. The first kappa shape index (κ1) is 13.5. The zero-order chi connectivity index (χ0) is 13.1. The zero-order valence-electron chi connectivity index (χ0n) is 11.7. The lowest BCUT2D eigenvalue weighted by Gasteiger charge is -2.35. The highest BCUT2D eigenvalue weighted by molar-refractivity contribution is 5.00. The Balaban J connectivity index is 2.13. The third kappa shape index (κ3) is 2.71. The minimum absolute atomic E-state index is 0.151. The fourth-order valence-electron chi connectivity index (χ4n) is 2.32. The molecule has 1 N–H and O–H groups in total. The Hall–Kier alpha value is -0.980. The molecule has 102 valence electrons. The summed E-state index contributed by atoms with van der Waals surface area (Å²) >= 11 is 0. The predicted molar refractivity (Wildman–Crippen MR) is 69.3 cm³/mol. The molecule has 0 spiro atoms. The average molecular weight is 253 g/mol. The van der Waals surface area contributed by atoms with Crippen LogP contribution >= 0.6 is 0 Å². The van der Waals surface area contributed by atoms with E-state index in [9.17, 15) is 0 Å². The fourth-order valence-corrected chi connectivity index (χ4v) is 2.32. The first-order valence-corrected chi connectivity index (χ1v) is 6.55. The molecule has 0 bridgehead atoms. The highest BCUT2D eigenvalue weighted by atomic mass is 16.5.